The summed E-state index contributed by atoms with van der Waals surface area (Å²) in [4.78, 5) is 31.4. The van der Waals surface area contributed by atoms with E-state index in [1.165, 1.54) is 13.1 Å². The molecule has 0 fully saturated rings. The minimum absolute atomic E-state index is 0.0781. The van der Waals surface area contributed by atoms with Crippen LogP contribution in [-0.4, -0.2) is 21.7 Å². The van der Waals surface area contributed by atoms with Crippen molar-refractivity contribution in [2.45, 2.75) is 20.8 Å². The average Bonchev–Trinajstić information content (AvgIpc) is 2.93. The summed E-state index contributed by atoms with van der Waals surface area (Å²) in [6.07, 6.45) is 1.50. The van der Waals surface area contributed by atoms with Gasteiger partial charge in [-0.1, -0.05) is 11.6 Å². The summed E-state index contributed by atoms with van der Waals surface area (Å²) in [6, 6.07) is 10.3. The first kappa shape index (κ1) is 18.7. The number of aryl methyl sites for hydroxylation is 1. The summed E-state index contributed by atoms with van der Waals surface area (Å²) in [5.74, 6) is 0.584. The lowest BCUT2D eigenvalue weighted by atomic mass is 10.1. The highest BCUT2D eigenvalue weighted by Crippen LogP contribution is 2.23. The number of rotatable bonds is 5. The summed E-state index contributed by atoms with van der Waals surface area (Å²) in [7, 11) is 0. The maximum Gasteiger partial charge on any atom is 0.272 e. The van der Waals surface area contributed by atoms with E-state index in [2.05, 4.69) is 15.3 Å². The minimum Gasteiger partial charge on any atom is -0.439 e. The first-order valence-corrected chi connectivity index (χ1v) is 8.64. The van der Waals surface area contributed by atoms with Gasteiger partial charge in [-0.3, -0.25) is 9.59 Å². The van der Waals surface area contributed by atoms with Crippen LogP contribution in [-0.2, 0) is 0 Å². The number of halogens is 1. The van der Waals surface area contributed by atoms with Gasteiger partial charge in [0.15, 0.2) is 5.78 Å². The second kappa shape index (κ2) is 7.63. The second-order valence-electron chi connectivity index (χ2n) is 6.08. The number of amides is 1. The number of ketones is 1. The highest BCUT2D eigenvalue weighted by atomic mass is 35.5. The lowest BCUT2D eigenvalue weighted by molar-refractivity contribution is 0.101. The third-order valence-electron chi connectivity index (χ3n) is 4.05. The highest BCUT2D eigenvalue weighted by Gasteiger charge is 2.19. The van der Waals surface area contributed by atoms with Crippen molar-refractivity contribution in [2.75, 3.05) is 5.32 Å². The van der Waals surface area contributed by atoms with E-state index in [1.807, 2.05) is 0 Å². The molecule has 2 heterocycles. The molecule has 0 radical (unpaired) electrons. The zero-order valence-electron chi connectivity index (χ0n) is 15.1. The number of carbonyl (C=O) groups is 2. The molecule has 7 heteroatoms. The Morgan fingerprint density at radius 2 is 1.81 bits per heavy atom. The molecule has 0 saturated heterocycles. The van der Waals surface area contributed by atoms with E-state index in [-0.39, 0.29) is 11.7 Å². The monoisotopic (exact) mass is 383 g/mol. The number of anilines is 1. The number of aromatic amines is 1. The van der Waals surface area contributed by atoms with E-state index in [0.29, 0.717) is 44.9 Å². The van der Waals surface area contributed by atoms with E-state index in [0.717, 1.165) is 0 Å². The Balaban J connectivity index is 1.71. The lowest BCUT2D eigenvalue weighted by Gasteiger charge is -2.07. The predicted molar refractivity (Wildman–Crippen MR) is 104 cm³/mol. The van der Waals surface area contributed by atoms with Gasteiger partial charge in [-0.15, -0.1) is 0 Å². The third kappa shape index (κ3) is 4.17. The van der Waals surface area contributed by atoms with Crippen molar-refractivity contribution in [1.82, 2.24) is 9.97 Å². The van der Waals surface area contributed by atoms with Crippen LogP contribution in [0.2, 0.25) is 5.02 Å². The Morgan fingerprint density at radius 3 is 2.37 bits per heavy atom. The van der Waals surface area contributed by atoms with Gasteiger partial charge in [0.05, 0.1) is 11.9 Å². The van der Waals surface area contributed by atoms with Gasteiger partial charge >= 0.3 is 0 Å². The zero-order valence-corrected chi connectivity index (χ0v) is 15.8. The highest BCUT2D eigenvalue weighted by molar-refractivity contribution is 6.30. The minimum atomic E-state index is -0.337. The number of nitrogens with one attached hydrogen (secondary N) is 2. The largest absolute Gasteiger partial charge is 0.439 e. The van der Waals surface area contributed by atoms with Crippen LogP contribution in [0.3, 0.4) is 0 Å². The molecule has 0 aliphatic heterocycles. The average molecular weight is 384 g/mol. The molecule has 138 valence electrons. The van der Waals surface area contributed by atoms with E-state index < -0.39 is 0 Å². The fourth-order valence-corrected chi connectivity index (χ4v) is 2.96. The van der Waals surface area contributed by atoms with Crippen LogP contribution in [0.1, 0.15) is 39.0 Å². The number of carbonyl (C=O) groups excluding carboxylic acids is 2. The van der Waals surface area contributed by atoms with Crippen molar-refractivity contribution in [1.29, 1.82) is 0 Å². The predicted octanol–water partition coefficient (Wildman–Crippen LogP) is 4.93. The van der Waals surface area contributed by atoms with Crippen molar-refractivity contribution < 1.29 is 14.3 Å². The van der Waals surface area contributed by atoms with Gasteiger partial charge in [0, 0.05) is 22.3 Å². The number of hydrogen-bond donors (Lipinski definition) is 2. The molecule has 0 saturated carbocycles. The van der Waals surface area contributed by atoms with E-state index in [4.69, 9.17) is 16.3 Å². The molecule has 0 spiro atoms. The van der Waals surface area contributed by atoms with Crippen molar-refractivity contribution in [3.05, 3.63) is 70.1 Å². The van der Waals surface area contributed by atoms with Crippen LogP contribution in [0, 0.1) is 13.8 Å². The van der Waals surface area contributed by atoms with Crippen LogP contribution < -0.4 is 10.1 Å². The quantitative estimate of drug-likeness (QED) is 0.612. The van der Waals surface area contributed by atoms with E-state index in [9.17, 15) is 9.59 Å². The van der Waals surface area contributed by atoms with Crippen molar-refractivity contribution in [3.63, 3.8) is 0 Å². The molecule has 0 atom stereocenters. The number of aromatic nitrogens is 2. The number of pyridine rings is 1. The molecule has 0 aliphatic carbocycles. The van der Waals surface area contributed by atoms with Gasteiger partial charge in [-0.25, -0.2) is 4.98 Å². The maximum atomic E-state index is 12.5. The standard InChI is InChI=1S/C20H18ClN3O3/c1-11-18(13(3)25)12(2)23-19(11)20(26)24-15-6-9-17(22-10-15)27-16-7-4-14(21)5-8-16/h4-10,23H,1-3H3,(H,24,26). The SMILES string of the molecule is CC(=O)c1c(C)[nH]c(C(=O)Nc2ccc(Oc3ccc(Cl)cc3)nc2)c1C. The topological polar surface area (TPSA) is 84.1 Å². The van der Waals surface area contributed by atoms with Gasteiger partial charge in [0.2, 0.25) is 5.88 Å². The van der Waals surface area contributed by atoms with Crippen LogP contribution in [0.5, 0.6) is 11.6 Å². The maximum absolute atomic E-state index is 12.5. The summed E-state index contributed by atoms with van der Waals surface area (Å²) in [6.45, 7) is 5.00. The first-order chi connectivity index (χ1) is 12.8. The van der Waals surface area contributed by atoms with Gasteiger partial charge in [0.25, 0.3) is 5.91 Å². The number of nitrogens with zero attached hydrogens (tertiary/aromatic N) is 1. The van der Waals surface area contributed by atoms with Gasteiger partial charge in [-0.05, 0) is 56.7 Å². The Bertz CT molecular complexity index is 993. The Morgan fingerprint density at radius 1 is 1.11 bits per heavy atom. The molecule has 2 N–H and O–H groups in total. The summed E-state index contributed by atoms with van der Waals surface area (Å²) < 4.78 is 5.62. The number of hydrogen-bond acceptors (Lipinski definition) is 4. The van der Waals surface area contributed by atoms with Crippen LogP contribution in [0.4, 0.5) is 5.69 Å². The van der Waals surface area contributed by atoms with E-state index in [1.54, 1.807) is 50.2 Å². The molecule has 2 aromatic heterocycles. The molecule has 3 aromatic rings. The van der Waals surface area contributed by atoms with Crippen molar-refractivity contribution >= 4 is 29.0 Å². The molecule has 1 amide bonds. The fourth-order valence-electron chi connectivity index (χ4n) is 2.84. The number of H-pyrrole nitrogens is 1. The molecule has 6 nitrogen and oxygen atoms in total. The smallest absolute Gasteiger partial charge is 0.272 e. The lowest BCUT2D eigenvalue weighted by Crippen LogP contribution is -2.14. The fraction of sp³-hybridized carbons (Fsp3) is 0.150. The van der Waals surface area contributed by atoms with Crippen LogP contribution in [0.15, 0.2) is 42.6 Å². The molecule has 27 heavy (non-hydrogen) atoms. The van der Waals surface area contributed by atoms with E-state index >= 15 is 0 Å². The molecule has 0 unspecified atom stereocenters. The molecule has 0 bridgehead atoms. The van der Waals surface area contributed by atoms with Gasteiger partial charge in [0.1, 0.15) is 11.4 Å². The van der Waals surface area contributed by atoms with Crippen molar-refractivity contribution in [3.8, 4) is 11.6 Å². The number of benzene rings is 1. The summed E-state index contributed by atoms with van der Waals surface area (Å²) >= 11 is 5.84. The summed E-state index contributed by atoms with van der Waals surface area (Å²) in [5.41, 5.74) is 2.73. The molecular weight excluding hydrogens is 366 g/mol. The Labute approximate surface area is 161 Å². The second-order valence-corrected chi connectivity index (χ2v) is 6.51. The first-order valence-electron chi connectivity index (χ1n) is 8.26. The van der Waals surface area contributed by atoms with Crippen LogP contribution in [0.25, 0.3) is 0 Å². The van der Waals surface area contributed by atoms with Crippen molar-refractivity contribution in [2.24, 2.45) is 0 Å². The third-order valence-corrected chi connectivity index (χ3v) is 4.30. The molecular formula is C20H18ClN3O3. The van der Waals surface area contributed by atoms with Gasteiger partial charge in [-0.2, -0.15) is 0 Å². The van der Waals surface area contributed by atoms with Gasteiger partial charge < -0.3 is 15.0 Å². The normalized spacial score (nSPS) is 10.5. The molecule has 1 aromatic carbocycles. The number of Topliss-reactive ketones (excluding diaryl/α,β-unsaturated/α-hetero) is 1. The Hall–Kier alpha value is -3.12. The molecule has 0 aliphatic rings. The Kier molecular flexibility index (Phi) is 5.28. The zero-order chi connectivity index (χ0) is 19.6. The number of ether oxygens (including phenoxy) is 1. The summed E-state index contributed by atoms with van der Waals surface area (Å²) in [5, 5.41) is 3.38. The molecule has 3 rings (SSSR count). The van der Waals surface area contributed by atoms with Crippen LogP contribution >= 0.6 is 11.6 Å².